The number of benzene rings is 1. The van der Waals surface area contributed by atoms with Crippen molar-refractivity contribution in [3.05, 3.63) is 41.7 Å². The Morgan fingerprint density at radius 3 is 2.80 bits per heavy atom. The number of hydrogen-bond acceptors (Lipinski definition) is 4. The largest absolute Gasteiger partial charge is 0.309 e. The fourth-order valence-corrected chi connectivity index (χ4v) is 3.10. The highest BCUT2D eigenvalue weighted by Gasteiger charge is 2.14. The highest BCUT2D eigenvalue weighted by atomic mass is 32.2. The first-order valence-electron chi connectivity index (χ1n) is 6.98. The summed E-state index contributed by atoms with van der Waals surface area (Å²) in [4.78, 5) is 4.27. The predicted octanol–water partition coefficient (Wildman–Crippen LogP) is 2.96. The van der Waals surface area contributed by atoms with Crippen LogP contribution in [0.4, 0.5) is 0 Å². The normalized spacial score (nSPS) is 12.6. The molecule has 4 nitrogen and oxygen atoms in total. The second-order valence-electron chi connectivity index (χ2n) is 4.84. The molecule has 0 spiro atoms. The fourth-order valence-electron chi connectivity index (χ4n) is 2.13. The first-order valence-corrected chi connectivity index (χ1v) is 7.96. The van der Waals surface area contributed by atoms with E-state index in [2.05, 4.69) is 53.5 Å². The first kappa shape index (κ1) is 15.1. The minimum absolute atomic E-state index is 0.345. The highest BCUT2D eigenvalue weighted by molar-refractivity contribution is 7.99. The Kier molecular flexibility index (Phi) is 5.61. The zero-order chi connectivity index (χ0) is 14.4. The van der Waals surface area contributed by atoms with Gasteiger partial charge in [-0.2, -0.15) is 5.10 Å². The summed E-state index contributed by atoms with van der Waals surface area (Å²) in [6, 6.07) is 8.92. The van der Waals surface area contributed by atoms with Crippen LogP contribution in [0, 0.1) is 6.92 Å². The predicted molar refractivity (Wildman–Crippen MR) is 83.9 cm³/mol. The molecule has 2 aromatic rings. The lowest BCUT2D eigenvalue weighted by Gasteiger charge is -2.20. The minimum Gasteiger partial charge on any atom is -0.309 e. The maximum Gasteiger partial charge on any atom is 0.185 e. The molecule has 0 saturated heterocycles. The summed E-state index contributed by atoms with van der Waals surface area (Å²) in [5, 5.41) is 8.70. The molecule has 1 atom stereocenters. The molecular formula is C15H22N4S. The van der Waals surface area contributed by atoms with Crippen molar-refractivity contribution < 1.29 is 0 Å². The van der Waals surface area contributed by atoms with E-state index in [1.54, 1.807) is 18.1 Å². The molecule has 0 saturated carbocycles. The number of thioether (sulfide) groups is 1. The molecule has 0 aliphatic carbocycles. The van der Waals surface area contributed by atoms with Gasteiger partial charge in [-0.25, -0.2) is 9.67 Å². The molecule has 0 amide bonds. The van der Waals surface area contributed by atoms with Crippen molar-refractivity contribution in [2.24, 2.45) is 7.05 Å². The molecular weight excluding hydrogens is 268 g/mol. The average molecular weight is 290 g/mol. The molecule has 1 aromatic carbocycles. The lowest BCUT2D eigenvalue weighted by Crippen LogP contribution is -2.25. The summed E-state index contributed by atoms with van der Waals surface area (Å²) < 4.78 is 1.82. The monoisotopic (exact) mass is 290 g/mol. The summed E-state index contributed by atoms with van der Waals surface area (Å²) >= 11 is 1.74. The number of aryl methyl sites for hydroxylation is 2. The molecule has 2 rings (SSSR count). The Morgan fingerprint density at radius 1 is 1.35 bits per heavy atom. The lowest BCUT2D eigenvalue weighted by atomic mass is 10.0. The van der Waals surface area contributed by atoms with Gasteiger partial charge in [0.25, 0.3) is 0 Å². The quantitative estimate of drug-likeness (QED) is 0.796. The molecule has 1 unspecified atom stereocenters. The molecule has 1 N–H and O–H groups in total. The number of rotatable bonds is 7. The smallest absolute Gasteiger partial charge is 0.185 e. The summed E-state index contributed by atoms with van der Waals surface area (Å²) in [7, 11) is 1.93. The molecule has 0 aliphatic rings. The van der Waals surface area contributed by atoms with Crippen LogP contribution in [0.15, 0.2) is 35.7 Å². The van der Waals surface area contributed by atoms with E-state index >= 15 is 0 Å². The van der Waals surface area contributed by atoms with Gasteiger partial charge in [-0.05, 0) is 31.0 Å². The van der Waals surface area contributed by atoms with Crippen LogP contribution in [0.3, 0.4) is 0 Å². The van der Waals surface area contributed by atoms with Gasteiger partial charge in [0.15, 0.2) is 5.16 Å². The van der Waals surface area contributed by atoms with Crippen molar-refractivity contribution in [3.63, 3.8) is 0 Å². The van der Waals surface area contributed by atoms with Crippen molar-refractivity contribution >= 4 is 11.8 Å². The van der Waals surface area contributed by atoms with E-state index in [1.807, 2.05) is 11.7 Å². The number of aromatic nitrogens is 3. The molecule has 1 aromatic heterocycles. The van der Waals surface area contributed by atoms with Gasteiger partial charge in [0.05, 0.1) is 0 Å². The fraction of sp³-hybridized carbons (Fsp3) is 0.467. The van der Waals surface area contributed by atoms with Crippen molar-refractivity contribution in [3.8, 4) is 0 Å². The highest BCUT2D eigenvalue weighted by Crippen LogP contribution is 2.25. The average Bonchev–Trinajstić information content (AvgIpc) is 2.86. The first-order chi connectivity index (χ1) is 9.72. The minimum atomic E-state index is 0.345. The summed E-state index contributed by atoms with van der Waals surface area (Å²) in [6.45, 7) is 5.39. The second kappa shape index (κ2) is 7.45. The molecule has 108 valence electrons. The van der Waals surface area contributed by atoms with Crippen LogP contribution >= 0.6 is 11.8 Å². The van der Waals surface area contributed by atoms with Crippen molar-refractivity contribution in [2.45, 2.75) is 31.5 Å². The van der Waals surface area contributed by atoms with Crippen LogP contribution in [0.25, 0.3) is 0 Å². The van der Waals surface area contributed by atoms with E-state index in [0.29, 0.717) is 6.04 Å². The Hall–Kier alpha value is -1.33. The topological polar surface area (TPSA) is 42.7 Å². The number of hydrogen-bond donors (Lipinski definition) is 1. The lowest BCUT2D eigenvalue weighted by molar-refractivity contribution is 0.573. The number of nitrogens with one attached hydrogen (secondary N) is 1. The third-order valence-electron chi connectivity index (χ3n) is 3.25. The Labute approximate surface area is 125 Å². The van der Waals surface area contributed by atoms with E-state index in [4.69, 9.17) is 0 Å². The van der Waals surface area contributed by atoms with Gasteiger partial charge < -0.3 is 5.32 Å². The summed E-state index contributed by atoms with van der Waals surface area (Å²) in [5.74, 6) is 0.956. The zero-order valence-corrected chi connectivity index (χ0v) is 13.2. The molecule has 5 heteroatoms. The Morgan fingerprint density at radius 2 is 2.15 bits per heavy atom. The maximum absolute atomic E-state index is 4.27. The van der Waals surface area contributed by atoms with Gasteiger partial charge >= 0.3 is 0 Å². The van der Waals surface area contributed by atoms with Crippen molar-refractivity contribution in [1.82, 2.24) is 20.1 Å². The molecule has 0 bridgehead atoms. The molecule has 0 aliphatic heterocycles. The third-order valence-corrected chi connectivity index (χ3v) is 4.38. The van der Waals surface area contributed by atoms with E-state index in [1.165, 1.54) is 11.1 Å². The number of nitrogens with zero attached hydrogens (tertiary/aromatic N) is 3. The van der Waals surface area contributed by atoms with Gasteiger partial charge in [-0.1, -0.05) is 43.0 Å². The van der Waals surface area contributed by atoms with Crippen LogP contribution in [0.2, 0.25) is 0 Å². The zero-order valence-electron chi connectivity index (χ0n) is 12.3. The van der Waals surface area contributed by atoms with Gasteiger partial charge in [-0.3, -0.25) is 0 Å². The van der Waals surface area contributed by atoms with Gasteiger partial charge in [0, 0.05) is 18.8 Å². The van der Waals surface area contributed by atoms with E-state index in [0.717, 1.165) is 23.9 Å². The van der Waals surface area contributed by atoms with Crippen LogP contribution < -0.4 is 5.32 Å². The molecule has 0 fully saturated rings. The van der Waals surface area contributed by atoms with Gasteiger partial charge in [0.1, 0.15) is 6.33 Å². The van der Waals surface area contributed by atoms with E-state index in [9.17, 15) is 0 Å². The van der Waals surface area contributed by atoms with Gasteiger partial charge in [-0.15, -0.1) is 0 Å². The van der Waals surface area contributed by atoms with Crippen molar-refractivity contribution in [1.29, 1.82) is 0 Å². The Bertz CT molecular complexity index is 538. The SMILES string of the molecule is CCCNC(CSc1ncnn1C)c1ccccc1C. The standard InChI is InChI=1S/C15H22N4S/c1-4-9-16-14(13-8-6-5-7-12(13)2)10-20-15-17-11-18-19(15)3/h5-8,11,14,16H,4,9-10H2,1-3H3. The Balaban J connectivity index is 2.08. The van der Waals surface area contributed by atoms with Crippen LogP contribution in [-0.4, -0.2) is 27.1 Å². The van der Waals surface area contributed by atoms with E-state index in [-0.39, 0.29) is 0 Å². The maximum atomic E-state index is 4.27. The molecule has 20 heavy (non-hydrogen) atoms. The van der Waals surface area contributed by atoms with Crippen LogP contribution in [-0.2, 0) is 7.05 Å². The molecule has 0 radical (unpaired) electrons. The summed E-state index contributed by atoms with van der Waals surface area (Å²) in [6.07, 6.45) is 2.74. The third kappa shape index (κ3) is 3.84. The molecule has 1 heterocycles. The van der Waals surface area contributed by atoms with Crippen molar-refractivity contribution in [2.75, 3.05) is 12.3 Å². The van der Waals surface area contributed by atoms with E-state index < -0.39 is 0 Å². The van der Waals surface area contributed by atoms with Crippen LogP contribution in [0.1, 0.15) is 30.5 Å². The second-order valence-corrected chi connectivity index (χ2v) is 5.83. The van der Waals surface area contributed by atoms with Crippen LogP contribution in [0.5, 0.6) is 0 Å². The van der Waals surface area contributed by atoms with Gasteiger partial charge in [0.2, 0.25) is 0 Å². The summed E-state index contributed by atoms with van der Waals surface area (Å²) in [5.41, 5.74) is 2.70.